The van der Waals surface area contributed by atoms with Gasteiger partial charge in [0.25, 0.3) is 0 Å². The van der Waals surface area contributed by atoms with Crippen LogP contribution in [0, 0.1) is 0 Å². The third-order valence-corrected chi connectivity index (χ3v) is 11.2. The molecule has 0 aliphatic heterocycles. The van der Waals surface area contributed by atoms with Crippen LogP contribution in [0.1, 0.15) is 25.0 Å². The van der Waals surface area contributed by atoms with Crippen molar-refractivity contribution in [2.24, 2.45) is 0 Å². The van der Waals surface area contributed by atoms with Gasteiger partial charge in [-0.15, -0.1) is 0 Å². The van der Waals surface area contributed by atoms with Crippen molar-refractivity contribution in [2.75, 3.05) is 4.90 Å². The molecule has 0 spiro atoms. The number of nitrogens with zero attached hydrogens (tertiary/aromatic N) is 1. The van der Waals surface area contributed by atoms with Crippen molar-refractivity contribution in [3.63, 3.8) is 0 Å². The zero-order valence-electron chi connectivity index (χ0n) is 29.3. The molecule has 1 nitrogen and oxygen atoms in total. The van der Waals surface area contributed by atoms with E-state index >= 15 is 0 Å². The number of benzene rings is 9. The minimum atomic E-state index is -0.188. The van der Waals surface area contributed by atoms with Gasteiger partial charge in [0.2, 0.25) is 0 Å². The fraction of sp³-hybridized carbons (Fsp3) is 0.0588. The Morgan fingerprint density at radius 2 is 0.788 bits per heavy atom. The lowest BCUT2D eigenvalue weighted by Gasteiger charge is -2.28. The van der Waals surface area contributed by atoms with Gasteiger partial charge in [-0.1, -0.05) is 153 Å². The van der Waals surface area contributed by atoms with Crippen LogP contribution in [-0.4, -0.2) is 0 Å². The largest absolute Gasteiger partial charge is 0.310 e. The normalized spacial score (nSPS) is 13.0. The van der Waals surface area contributed by atoms with Gasteiger partial charge in [0.15, 0.2) is 0 Å². The zero-order valence-corrected chi connectivity index (χ0v) is 29.3. The lowest BCUT2D eigenvalue weighted by Crippen LogP contribution is -2.16. The number of hydrogen-bond acceptors (Lipinski definition) is 1. The molecule has 9 aromatic carbocycles. The molecule has 1 heteroatoms. The molecule has 0 radical (unpaired) electrons. The molecule has 10 rings (SSSR count). The first-order valence-corrected chi connectivity index (χ1v) is 18.2. The lowest BCUT2D eigenvalue weighted by molar-refractivity contribution is 0.660. The molecule has 0 saturated heterocycles. The quantitative estimate of drug-likeness (QED) is 0.166. The first-order chi connectivity index (χ1) is 25.6. The van der Waals surface area contributed by atoms with Crippen molar-refractivity contribution in [2.45, 2.75) is 19.3 Å². The number of para-hydroxylation sites is 2. The van der Waals surface area contributed by atoms with Crippen molar-refractivity contribution in [3.05, 3.63) is 199 Å². The molecule has 0 amide bonds. The third kappa shape index (κ3) is 4.70. The molecule has 52 heavy (non-hydrogen) atoms. The lowest BCUT2D eigenvalue weighted by atomic mass is 9.80. The fourth-order valence-electron chi connectivity index (χ4n) is 8.72. The average Bonchev–Trinajstić information content (AvgIpc) is 3.42. The molecule has 0 fully saturated rings. The Morgan fingerprint density at radius 1 is 0.346 bits per heavy atom. The van der Waals surface area contributed by atoms with Gasteiger partial charge in [0.05, 0.1) is 0 Å². The van der Waals surface area contributed by atoms with Gasteiger partial charge in [0, 0.05) is 22.5 Å². The van der Waals surface area contributed by atoms with E-state index in [0.29, 0.717) is 0 Å². The SMILES string of the molecule is CC1(C)c2cc(-c3c4ccccc4c(-c4ccc5ccccc5c4)c4ccccc34)ccc2-c2ccc(N(c3ccccc3)c3ccccc3)cc21. The van der Waals surface area contributed by atoms with Crippen LogP contribution < -0.4 is 4.90 Å². The topological polar surface area (TPSA) is 3.24 Å². The van der Waals surface area contributed by atoms with E-state index in [9.17, 15) is 0 Å². The van der Waals surface area contributed by atoms with Gasteiger partial charge in [-0.2, -0.15) is 0 Å². The Balaban J connectivity index is 1.14. The van der Waals surface area contributed by atoms with Crippen LogP contribution in [0.4, 0.5) is 17.1 Å². The zero-order chi connectivity index (χ0) is 34.8. The molecule has 9 aromatic rings. The molecular formula is C51H37N. The molecule has 0 saturated carbocycles. The van der Waals surface area contributed by atoms with E-state index in [2.05, 4.69) is 207 Å². The first kappa shape index (κ1) is 30.4. The summed E-state index contributed by atoms with van der Waals surface area (Å²) >= 11 is 0. The van der Waals surface area contributed by atoms with Crippen LogP contribution in [0.3, 0.4) is 0 Å². The van der Waals surface area contributed by atoms with E-state index in [1.807, 2.05) is 0 Å². The predicted molar refractivity (Wildman–Crippen MR) is 222 cm³/mol. The standard InChI is InChI=1S/C51H37N/c1-51(2)47-32-37(27-29-41(47)42-30-28-40(33-48(42)51)52(38-17-5-3-6-18-38)39-19-7-4-8-20-39)50-45-23-13-11-21-43(45)49(44-22-12-14-24-46(44)50)36-26-25-34-15-9-10-16-35(34)31-36/h3-33H,1-2H3. The second-order valence-electron chi connectivity index (χ2n) is 14.5. The second-order valence-corrected chi connectivity index (χ2v) is 14.5. The Labute approximate surface area is 305 Å². The molecule has 0 N–H and O–H groups in total. The van der Waals surface area contributed by atoms with Crippen LogP contribution >= 0.6 is 0 Å². The summed E-state index contributed by atoms with van der Waals surface area (Å²) in [5.41, 5.74) is 13.7. The van der Waals surface area contributed by atoms with Gasteiger partial charge in [-0.25, -0.2) is 0 Å². The van der Waals surface area contributed by atoms with E-state index in [0.717, 1.165) is 11.4 Å². The number of hydrogen-bond donors (Lipinski definition) is 0. The number of rotatable bonds is 5. The molecule has 0 aromatic heterocycles. The summed E-state index contributed by atoms with van der Waals surface area (Å²) in [6.45, 7) is 4.78. The summed E-state index contributed by atoms with van der Waals surface area (Å²) in [5, 5.41) is 7.64. The highest BCUT2D eigenvalue weighted by Gasteiger charge is 2.36. The Morgan fingerprint density at radius 3 is 1.37 bits per heavy atom. The average molecular weight is 664 g/mol. The molecule has 0 heterocycles. The predicted octanol–water partition coefficient (Wildman–Crippen LogP) is 14.3. The van der Waals surface area contributed by atoms with Crippen LogP contribution in [-0.2, 0) is 5.41 Å². The molecule has 0 atom stereocenters. The minimum Gasteiger partial charge on any atom is -0.310 e. The summed E-state index contributed by atoms with van der Waals surface area (Å²) in [7, 11) is 0. The summed E-state index contributed by atoms with van der Waals surface area (Å²) in [4.78, 5) is 2.36. The summed E-state index contributed by atoms with van der Waals surface area (Å²) in [5.74, 6) is 0. The van der Waals surface area contributed by atoms with E-state index < -0.39 is 0 Å². The summed E-state index contributed by atoms with van der Waals surface area (Å²) < 4.78 is 0. The maximum absolute atomic E-state index is 2.48. The highest BCUT2D eigenvalue weighted by atomic mass is 15.1. The molecule has 246 valence electrons. The summed E-state index contributed by atoms with van der Waals surface area (Å²) in [6, 6.07) is 69.1. The molecule has 0 unspecified atom stereocenters. The van der Waals surface area contributed by atoms with Crippen molar-refractivity contribution in [3.8, 4) is 33.4 Å². The van der Waals surface area contributed by atoms with E-state index in [1.54, 1.807) is 0 Å². The minimum absolute atomic E-state index is 0.188. The van der Waals surface area contributed by atoms with E-state index in [1.165, 1.54) is 82.5 Å². The van der Waals surface area contributed by atoms with E-state index in [-0.39, 0.29) is 5.41 Å². The van der Waals surface area contributed by atoms with Crippen LogP contribution in [0.5, 0.6) is 0 Å². The Hall–Kier alpha value is -6.44. The van der Waals surface area contributed by atoms with Crippen molar-refractivity contribution in [1.82, 2.24) is 0 Å². The highest BCUT2D eigenvalue weighted by molar-refractivity contribution is 6.21. The molecular weight excluding hydrogens is 627 g/mol. The van der Waals surface area contributed by atoms with Crippen LogP contribution in [0.25, 0.3) is 65.7 Å². The maximum atomic E-state index is 2.48. The first-order valence-electron chi connectivity index (χ1n) is 18.2. The number of fused-ring (bicyclic) bond motifs is 6. The molecule has 0 bridgehead atoms. The Kier molecular flexibility index (Phi) is 6.91. The fourth-order valence-corrected chi connectivity index (χ4v) is 8.72. The maximum Gasteiger partial charge on any atom is 0.0465 e. The van der Waals surface area contributed by atoms with Crippen LogP contribution in [0.15, 0.2) is 188 Å². The third-order valence-electron chi connectivity index (χ3n) is 11.2. The van der Waals surface area contributed by atoms with Gasteiger partial charge in [-0.05, 0) is 125 Å². The molecule has 1 aliphatic carbocycles. The van der Waals surface area contributed by atoms with Crippen molar-refractivity contribution < 1.29 is 0 Å². The van der Waals surface area contributed by atoms with Gasteiger partial charge in [-0.3, -0.25) is 0 Å². The van der Waals surface area contributed by atoms with Gasteiger partial charge < -0.3 is 4.90 Å². The number of anilines is 3. The van der Waals surface area contributed by atoms with Crippen molar-refractivity contribution in [1.29, 1.82) is 0 Å². The van der Waals surface area contributed by atoms with E-state index in [4.69, 9.17) is 0 Å². The van der Waals surface area contributed by atoms with Crippen molar-refractivity contribution >= 4 is 49.4 Å². The summed E-state index contributed by atoms with van der Waals surface area (Å²) in [6.07, 6.45) is 0. The smallest absolute Gasteiger partial charge is 0.0465 e. The monoisotopic (exact) mass is 663 g/mol. The highest BCUT2D eigenvalue weighted by Crippen LogP contribution is 2.53. The molecule has 1 aliphatic rings. The van der Waals surface area contributed by atoms with Gasteiger partial charge in [0.1, 0.15) is 0 Å². The second kappa shape index (κ2) is 11.8. The Bertz CT molecular complexity index is 2720. The van der Waals surface area contributed by atoms with Crippen LogP contribution in [0.2, 0.25) is 0 Å². The van der Waals surface area contributed by atoms with Gasteiger partial charge >= 0.3 is 0 Å².